The standard InChI is InChI=1S/C20H14N4O2/c25-24(26)14-11-9-13(10-12-14)19-21-16-6-2-1-5-15(16)20-22-17-7-3-4-8-18(17)23(19)20/h1-12,19,21H/t19-/m1/s1. The first-order valence-corrected chi connectivity index (χ1v) is 8.29. The van der Waals surface area contributed by atoms with Crippen LogP contribution < -0.4 is 5.32 Å². The summed E-state index contributed by atoms with van der Waals surface area (Å²) in [5.74, 6) is 0.893. The second-order valence-corrected chi connectivity index (χ2v) is 6.24. The average Bonchev–Trinajstić information content (AvgIpc) is 3.07. The molecule has 1 atom stereocenters. The van der Waals surface area contributed by atoms with Crippen molar-refractivity contribution in [3.8, 4) is 11.4 Å². The van der Waals surface area contributed by atoms with Gasteiger partial charge in [0.15, 0.2) is 0 Å². The van der Waals surface area contributed by atoms with Crippen molar-refractivity contribution in [3.63, 3.8) is 0 Å². The van der Waals surface area contributed by atoms with E-state index in [0.717, 1.165) is 33.7 Å². The quantitative estimate of drug-likeness (QED) is 0.427. The highest BCUT2D eigenvalue weighted by Gasteiger charge is 2.28. The van der Waals surface area contributed by atoms with Gasteiger partial charge in [0.2, 0.25) is 0 Å². The summed E-state index contributed by atoms with van der Waals surface area (Å²) in [6.07, 6.45) is -0.187. The average molecular weight is 342 g/mol. The number of imidazole rings is 1. The number of nitro benzene ring substituents is 1. The predicted molar refractivity (Wildman–Crippen MR) is 100 cm³/mol. The number of non-ortho nitro benzene ring substituents is 1. The molecular weight excluding hydrogens is 328 g/mol. The number of aromatic nitrogens is 2. The number of hydrogen-bond donors (Lipinski definition) is 1. The lowest BCUT2D eigenvalue weighted by Gasteiger charge is -2.30. The molecule has 0 amide bonds. The summed E-state index contributed by atoms with van der Waals surface area (Å²) in [7, 11) is 0. The summed E-state index contributed by atoms with van der Waals surface area (Å²) in [6, 6.07) is 22.7. The number of fused-ring (bicyclic) bond motifs is 5. The van der Waals surface area contributed by atoms with Gasteiger partial charge < -0.3 is 5.32 Å². The third-order valence-corrected chi connectivity index (χ3v) is 4.73. The third-order valence-electron chi connectivity index (χ3n) is 4.73. The molecule has 0 spiro atoms. The van der Waals surface area contributed by atoms with Crippen LogP contribution in [0.25, 0.3) is 22.4 Å². The lowest BCUT2D eigenvalue weighted by Crippen LogP contribution is -2.24. The Kier molecular flexibility index (Phi) is 3.05. The molecule has 1 aliphatic rings. The van der Waals surface area contributed by atoms with Crippen LogP contribution in [0.5, 0.6) is 0 Å². The fourth-order valence-corrected chi connectivity index (χ4v) is 3.52. The lowest BCUT2D eigenvalue weighted by atomic mass is 10.1. The zero-order valence-electron chi connectivity index (χ0n) is 13.7. The van der Waals surface area contributed by atoms with Crippen LogP contribution in [0, 0.1) is 10.1 Å². The molecule has 0 saturated heterocycles. The highest BCUT2D eigenvalue weighted by Crippen LogP contribution is 2.40. The molecule has 2 heterocycles. The minimum atomic E-state index is -0.384. The van der Waals surface area contributed by atoms with Crippen LogP contribution in [-0.4, -0.2) is 14.5 Å². The van der Waals surface area contributed by atoms with E-state index in [0.29, 0.717) is 0 Å². The van der Waals surface area contributed by atoms with Gasteiger partial charge in [0.1, 0.15) is 12.0 Å². The number of nitrogens with one attached hydrogen (secondary N) is 1. The van der Waals surface area contributed by atoms with E-state index in [2.05, 4.69) is 9.88 Å². The molecule has 1 N–H and O–H groups in total. The topological polar surface area (TPSA) is 73.0 Å². The second-order valence-electron chi connectivity index (χ2n) is 6.24. The van der Waals surface area contributed by atoms with Crippen molar-refractivity contribution in [2.45, 2.75) is 6.17 Å². The van der Waals surface area contributed by atoms with Gasteiger partial charge in [-0.1, -0.05) is 24.3 Å². The predicted octanol–water partition coefficient (Wildman–Crippen LogP) is 4.58. The smallest absolute Gasteiger partial charge is 0.269 e. The van der Waals surface area contributed by atoms with Crippen molar-refractivity contribution in [3.05, 3.63) is 88.5 Å². The van der Waals surface area contributed by atoms with Gasteiger partial charge in [0, 0.05) is 23.4 Å². The summed E-state index contributed by atoms with van der Waals surface area (Å²) in [6.45, 7) is 0. The Labute approximate surface area is 148 Å². The Morgan fingerprint density at radius 2 is 1.69 bits per heavy atom. The Morgan fingerprint density at radius 3 is 2.50 bits per heavy atom. The molecule has 0 saturated carbocycles. The summed E-state index contributed by atoms with van der Waals surface area (Å²) >= 11 is 0. The monoisotopic (exact) mass is 342 g/mol. The van der Waals surface area contributed by atoms with Crippen molar-refractivity contribution in [2.24, 2.45) is 0 Å². The summed E-state index contributed by atoms with van der Waals surface area (Å²) in [4.78, 5) is 15.4. The first-order valence-electron chi connectivity index (χ1n) is 8.29. The van der Waals surface area contributed by atoms with E-state index < -0.39 is 0 Å². The van der Waals surface area contributed by atoms with E-state index in [1.54, 1.807) is 12.1 Å². The van der Waals surface area contributed by atoms with Crippen LogP contribution in [0.4, 0.5) is 11.4 Å². The van der Waals surface area contributed by atoms with Gasteiger partial charge in [-0.3, -0.25) is 14.7 Å². The number of para-hydroxylation sites is 3. The molecule has 126 valence electrons. The Balaban J connectivity index is 1.74. The van der Waals surface area contributed by atoms with Crippen molar-refractivity contribution >= 4 is 22.4 Å². The molecule has 5 rings (SSSR count). The number of nitrogens with zero attached hydrogens (tertiary/aromatic N) is 3. The van der Waals surface area contributed by atoms with Crippen LogP contribution in [0.3, 0.4) is 0 Å². The maximum atomic E-state index is 11.0. The molecule has 4 aromatic rings. The largest absolute Gasteiger partial charge is 0.361 e. The van der Waals surface area contributed by atoms with Crippen LogP contribution in [-0.2, 0) is 0 Å². The van der Waals surface area contributed by atoms with Crippen LogP contribution in [0.15, 0.2) is 72.8 Å². The van der Waals surface area contributed by atoms with Gasteiger partial charge in [-0.05, 0) is 42.0 Å². The number of nitro groups is 1. The van der Waals surface area contributed by atoms with Gasteiger partial charge in [-0.15, -0.1) is 0 Å². The van der Waals surface area contributed by atoms with Gasteiger partial charge in [-0.2, -0.15) is 0 Å². The zero-order chi connectivity index (χ0) is 17.7. The molecule has 0 bridgehead atoms. The zero-order valence-corrected chi connectivity index (χ0v) is 13.7. The molecule has 26 heavy (non-hydrogen) atoms. The fraction of sp³-hybridized carbons (Fsp3) is 0.0500. The summed E-state index contributed by atoms with van der Waals surface area (Å²) in [5.41, 5.74) is 5.01. The number of benzene rings is 3. The van der Waals surface area contributed by atoms with E-state index in [4.69, 9.17) is 4.98 Å². The van der Waals surface area contributed by atoms with E-state index in [9.17, 15) is 10.1 Å². The van der Waals surface area contributed by atoms with Gasteiger partial charge in [-0.25, -0.2) is 4.98 Å². The first kappa shape index (κ1) is 14.7. The maximum absolute atomic E-state index is 11.0. The Bertz CT molecular complexity index is 1150. The Morgan fingerprint density at radius 1 is 0.962 bits per heavy atom. The molecular formula is C20H14N4O2. The molecule has 0 radical (unpaired) electrons. The van der Waals surface area contributed by atoms with E-state index in [1.165, 1.54) is 12.1 Å². The molecule has 6 nitrogen and oxygen atoms in total. The lowest BCUT2D eigenvalue weighted by molar-refractivity contribution is -0.384. The third kappa shape index (κ3) is 2.09. The summed E-state index contributed by atoms with van der Waals surface area (Å²) in [5, 5.41) is 14.5. The molecule has 0 fully saturated rings. The molecule has 1 aliphatic heterocycles. The molecule has 0 unspecified atom stereocenters. The minimum Gasteiger partial charge on any atom is -0.361 e. The first-order chi connectivity index (χ1) is 12.7. The van der Waals surface area contributed by atoms with Crippen molar-refractivity contribution in [2.75, 3.05) is 5.32 Å². The van der Waals surface area contributed by atoms with Crippen molar-refractivity contribution in [1.29, 1.82) is 0 Å². The van der Waals surface area contributed by atoms with Crippen molar-refractivity contribution < 1.29 is 4.92 Å². The van der Waals surface area contributed by atoms with Gasteiger partial charge in [0.05, 0.1) is 16.0 Å². The Hall–Kier alpha value is -3.67. The van der Waals surface area contributed by atoms with E-state index in [-0.39, 0.29) is 16.8 Å². The summed E-state index contributed by atoms with van der Waals surface area (Å²) < 4.78 is 2.15. The maximum Gasteiger partial charge on any atom is 0.269 e. The molecule has 0 aliphatic carbocycles. The number of hydrogen-bond acceptors (Lipinski definition) is 4. The molecule has 1 aromatic heterocycles. The fourth-order valence-electron chi connectivity index (χ4n) is 3.52. The van der Waals surface area contributed by atoms with Crippen LogP contribution in [0.1, 0.15) is 11.7 Å². The highest BCUT2D eigenvalue weighted by atomic mass is 16.6. The van der Waals surface area contributed by atoms with Crippen LogP contribution >= 0.6 is 0 Å². The number of anilines is 1. The van der Waals surface area contributed by atoms with Gasteiger partial charge in [0.25, 0.3) is 5.69 Å². The van der Waals surface area contributed by atoms with E-state index >= 15 is 0 Å². The number of rotatable bonds is 2. The minimum absolute atomic E-state index is 0.0840. The van der Waals surface area contributed by atoms with Crippen LogP contribution in [0.2, 0.25) is 0 Å². The normalized spacial score (nSPS) is 15.2. The molecule has 3 aromatic carbocycles. The highest BCUT2D eigenvalue weighted by molar-refractivity contribution is 5.86. The SMILES string of the molecule is O=[N+]([O-])c1ccc([C@@H]2Nc3ccccc3-c3nc4ccccc4n32)cc1. The molecule has 6 heteroatoms. The second kappa shape index (κ2) is 5.42. The van der Waals surface area contributed by atoms with Gasteiger partial charge >= 0.3 is 0 Å². The van der Waals surface area contributed by atoms with Crippen molar-refractivity contribution in [1.82, 2.24) is 9.55 Å². The van der Waals surface area contributed by atoms with E-state index in [1.807, 2.05) is 48.5 Å².